The molecule has 0 saturated heterocycles. The Morgan fingerprint density at radius 1 is 0.765 bits per heavy atom. The van der Waals surface area contributed by atoms with Crippen LogP contribution in [0, 0.1) is 0 Å². The molecule has 0 spiro atoms. The van der Waals surface area contributed by atoms with Gasteiger partial charge >= 0.3 is 31.2 Å². The van der Waals surface area contributed by atoms with Crippen LogP contribution in [0.3, 0.4) is 0 Å². The van der Waals surface area contributed by atoms with Crippen LogP contribution in [0.5, 0.6) is 0 Å². The van der Waals surface area contributed by atoms with E-state index in [1.807, 2.05) is 91.9 Å². The Hall–Kier alpha value is -0.796. The van der Waals surface area contributed by atoms with Gasteiger partial charge in [-0.25, -0.2) is 24.3 Å². The largest absolute Gasteiger partial charge is 0.857 e. The van der Waals surface area contributed by atoms with E-state index < -0.39 is 0 Å². The Balaban J connectivity index is -0.000000155. The van der Waals surface area contributed by atoms with Crippen LogP contribution in [0.1, 0.15) is 6.92 Å². The third-order valence-electron chi connectivity index (χ3n) is 1.11. The van der Waals surface area contributed by atoms with Crippen LogP contribution in [-0.2, 0) is 20.0 Å². The Kier molecular flexibility index (Phi) is 37.2. The zero-order valence-electron chi connectivity index (χ0n) is 10.7. The van der Waals surface area contributed by atoms with Crippen molar-refractivity contribution in [1.29, 1.82) is 0 Å². The van der Waals surface area contributed by atoms with Crippen LogP contribution in [-0.4, -0.2) is 18.5 Å². The molecule has 0 aromatic heterocycles. The van der Waals surface area contributed by atoms with E-state index in [1.165, 1.54) is 0 Å². The van der Waals surface area contributed by atoms with Crippen LogP contribution in [0.4, 0.5) is 0 Å². The topological polar surface area (TPSA) is 46.1 Å². The molecule has 0 bridgehead atoms. The first-order valence-electron chi connectivity index (χ1n) is 5.02. The van der Waals surface area contributed by atoms with Crippen LogP contribution in [0.25, 0.3) is 0 Å². The van der Waals surface area contributed by atoms with E-state index in [9.17, 15) is 0 Å². The molecule has 0 saturated carbocycles. The minimum Gasteiger partial charge on any atom is -0.857 e. The fraction of sp³-hybridized carbons (Fsp3) is 0.214. The summed E-state index contributed by atoms with van der Waals surface area (Å²) in [4.78, 5) is 0. The maximum atomic E-state index is 8.25. The third-order valence-corrected chi connectivity index (χ3v) is 1.11. The molecular weight excluding hydrogens is 248 g/mol. The predicted octanol–water partition coefficient (Wildman–Crippen LogP) is 1.12. The van der Waals surface area contributed by atoms with Gasteiger partial charge in [-0.3, -0.25) is 0 Å². The summed E-state index contributed by atoms with van der Waals surface area (Å²) >= 11 is 2.00. The molecule has 2 nitrogen and oxygen atoms in total. The predicted molar refractivity (Wildman–Crippen MR) is 67.7 cm³/mol. The van der Waals surface area contributed by atoms with Crippen molar-refractivity contribution >= 4 is 4.31 Å². The average Bonchev–Trinajstić information content (AvgIpc) is 3.13. The van der Waals surface area contributed by atoms with Gasteiger partial charge in [0.2, 0.25) is 0 Å². The molecule has 0 aliphatic heterocycles. The van der Waals surface area contributed by atoms with E-state index >= 15 is 0 Å². The van der Waals surface area contributed by atoms with Gasteiger partial charge in [-0.05, 0) is 0 Å². The van der Waals surface area contributed by atoms with Crippen LogP contribution >= 0.6 is 0 Å². The zero-order chi connectivity index (χ0) is 13.8. The van der Waals surface area contributed by atoms with E-state index in [4.69, 9.17) is 10.2 Å². The Bertz CT molecular complexity index is 189. The maximum Gasteiger partial charge on any atom is -0.153 e. The second kappa shape index (κ2) is 29.5. The molecule has 0 amide bonds. The van der Waals surface area contributed by atoms with Crippen LogP contribution in [0.2, 0.25) is 0 Å². The minimum absolute atomic E-state index is 0.750. The third kappa shape index (κ3) is 31.3. The second-order valence-corrected chi connectivity index (χ2v) is 3.11. The van der Waals surface area contributed by atoms with Crippen molar-refractivity contribution in [2.24, 2.45) is 0 Å². The quantitative estimate of drug-likeness (QED) is 0.531. The Morgan fingerprint density at radius 2 is 0.941 bits per heavy atom. The molecule has 0 atom stereocenters. The molecule has 17 heavy (non-hydrogen) atoms. The second-order valence-electron chi connectivity index (χ2n) is 2.21. The molecule has 94 valence electrons. The van der Waals surface area contributed by atoms with E-state index in [1.54, 1.807) is 0 Å². The zero-order valence-corrected chi connectivity index (χ0v) is 12.2. The normalized spacial score (nSPS) is 6.29. The molecule has 0 N–H and O–H groups in total. The summed E-state index contributed by atoms with van der Waals surface area (Å²) in [6.45, 7) is 2.00. The van der Waals surface area contributed by atoms with Gasteiger partial charge in [0.05, 0.1) is 0 Å². The van der Waals surface area contributed by atoms with Crippen molar-refractivity contribution < 1.29 is 30.2 Å². The summed E-state index contributed by atoms with van der Waals surface area (Å²) in [5, 5.41) is 16.5. The SMILES string of the molecule is C[CH]=[Ti+2].C[O-].C[O-].c1cc[cH-]c1.c1cc[cH-]c1. The molecule has 0 fully saturated rings. The fourth-order valence-electron chi connectivity index (χ4n) is 0.642. The van der Waals surface area contributed by atoms with Crippen molar-refractivity contribution in [2.75, 3.05) is 14.2 Å². The molecule has 2 aromatic carbocycles. The van der Waals surface area contributed by atoms with Crippen molar-refractivity contribution in [1.82, 2.24) is 0 Å². The van der Waals surface area contributed by atoms with Gasteiger partial charge in [0.1, 0.15) is 0 Å². The summed E-state index contributed by atoms with van der Waals surface area (Å²) in [6.07, 6.45) is 0. The Labute approximate surface area is 116 Å². The molecule has 0 aliphatic rings. The monoisotopic (exact) mass is 268 g/mol. The molecule has 3 heteroatoms. The van der Waals surface area contributed by atoms with Crippen LogP contribution in [0.15, 0.2) is 60.7 Å². The minimum atomic E-state index is 0.750. The molecule has 2 aromatic rings. The van der Waals surface area contributed by atoms with Gasteiger partial charge < -0.3 is 10.2 Å². The van der Waals surface area contributed by atoms with Crippen molar-refractivity contribution in [3.8, 4) is 0 Å². The summed E-state index contributed by atoms with van der Waals surface area (Å²) < 4.78 is 2.00. The van der Waals surface area contributed by atoms with E-state index in [0.717, 1.165) is 14.2 Å². The van der Waals surface area contributed by atoms with Crippen molar-refractivity contribution in [3.05, 3.63) is 60.7 Å². The van der Waals surface area contributed by atoms with Gasteiger partial charge in [-0.15, -0.1) is 0 Å². The van der Waals surface area contributed by atoms with Crippen LogP contribution < -0.4 is 10.2 Å². The number of hydrogen-bond acceptors (Lipinski definition) is 2. The van der Waals surface area contributed by atoms with E-state index in [0.29, 0.717) is 0 Å². The number of hydrogen-bond donors (Lipinski definition) is 0. The molecule has 0 aliphatic carbocycles. The smallest absolute Gasteiger partial charge is 0.153 e. The van der Waals surface area contributed by atoms with Gasteiger partial charge in [0, 0.05) is 0 Å². The standard InChI is InChI=1S/2C5H5.C2H4.2CH3O.Ti/c2*1-2-4-5-3-1;3*1-2;/h2*1-5H;1H,2H3;2*1H3;/q2*-1;;2*-1;+2. The van der Waals surface area contributed by atoms with Crippen molar-refractivity contribution in [2.45, 2.75) is 6.92 Å². The van der Waals surface area contributed by atoms with Crippen molar-refractivity contribution in [3.63, 3.8) is 0 Å². The molecular formula is C14H20O2Ti-2. The molecule has 0 radical (unpaired) electrons. The van der Waals surface area contributed by atoms with E-state index in [-0.39, 0.29) is 0 Å². The van der Waals surface area contributed by atoms with Gasteiger partial charge in [-0.2, -0.15) is 50.6 Å². The summed E-state index contributed by atoms with van der Waals surface area (Å²) in [5.74, 6) is 0. The molecule has 0 heterocycles. The Morgan fingerprint density at radius 3 is 1.00 bits per heavy atom. The molecule has 0 unspecified atom stereocenters. The van der Waals surface area contributed by atoms with E-state index in [2.05, 4.69) is 0 Å². The fourth-order valence-corrected chi connectivity index (χ4v) is 0.642. The first kappa shape index (κ1) is 21.5. The summed E-state index contributed by atoms with van der Waals surface area (Å²) in [6, 6.07) is 20.0. The maximum absolute atomic E-state index is 8.25. The van der Waals surface area contributed by atoms with Gasteiger partial charge in [-0.1, -0.05) is 0 Å². The first-order valence-corrected chi connectivity index (χ1v) is 5.92. The summed E-state index contributed by atoms with van der Waals surface area (Å²) in [7, 11) is 1.50. The summed E-state index contributed by atoms with van der Waals surface area (Å²) in [5.41, 5.74) is 0. The van der Waals surface area contributed by atoms with Gasteiger partial charge in [0.15, 0.2) is 0 Å². The first-order chi connectivity index (χ1) is 8.41. The van der Waals surface area contributed by atoms with Gasteiger partial charge in [0.25, 0.3) is 0 Å². The number of rotatable bonds is 0. The average molecular weight is 268 g/mol. The molecule has 2 rings (SSSR count).